The number of nitro benzene ring substituents is 1. The SMILES string of the molecule is Cl.NCC(O)COc1ccc([N+](=O)[O-])cc1. The van der Waals surface area contributed by atoms with Crippen LogP contribution in [0, 0.1) is 10.1 Å². The number of aliphatic hydroxyl groups excluding tert-OH is 1. The monoisotopic (exact) mass is 248 g/mol. The van der Waals surface area contributed by atoms with Gasteiger partial charge in [-0.15, -0.1) is 12.4 Å². The maximum atomic E-state index is 10.3. The molecule has 0 bridgehead atoms. The van der Waals surface area contributed by atoms with E-state index in [-0.39, 0.29) is 31.2 Å². The molecule has 0 saturated carbocycles. The van der Waals surface area contributed by atoms with Crippen LogP contribution in [-0.4, -0.2) is 29.3 Å². The number of nitrogens with zero attached hydrogens (tertiary/aromatic N) is 1. The van der Waals surface area contributed by atoms with Gasteiger partial charge in [-0.05, 0) is 12.1 Å². The van der Waals surface area contributed by atoms with Crippen molar-refractivity contribution in [2.75, 3.05) is 13.2 Å². The number of rotatable bonds is 5. The normalized spacial score (nSPS) is 11.4. The molecule has 6 nitrogen and oxygen atoms in total. The van der Waals surface area contributed by atoms with Crippen LogP contribution in [0.5, 0.6) is 5.75 Å². The average molecular weight is 249 g/mol. The predicted octanol–water partition coefficient (Wildman–Crippen LogP) is 0.715. The quantitative estimate of drug-likeness (QED) is 0.591. The highest BCUT2D eigenvalue weighted by atomic mass is 35.5. The van der Waals surface area contributed by atoms with Crippen LogP contribution in [0.15, 0.2) is 24.3 Å². The Kier molecular flexibility index (Phi) is 6.40. The van der Waals surface area contributed by atoms with E-state index in [1.807, 2.05) is 0 Å². The Balaban J connectivity index is 0.00000225. The van der Waals surface area contributed by atoms with Gasteiger partial charge < -0.3 is 15.6 Å². The van der Waals surface area contributed by atoms with E-state index in [2.05, 4.69) is 0 Å². The minimum absolute atomic E-state index is 0. The molecular formula is C9H13ClN2O4. The first-order valence-corrected chi connectivity index (χ1v) is 4.39. The molecule has 0 heterocycles. The standard InChI is InChI=1S/C9H12N2O4.ClH/c10-5-8(12)6-15-9-3-1-7(2-4-9)11(13)14;/h1-4,8,12H,5-6,10H2;1H. The van der Waals surface area contributed by atoms with Crippen LogP contribution in [0.1, 0.15) is 0 Å². The molecule has 16 heavy (non-hydrogen) atoms. The summed E-state index contributed by atoms with van der Waals surface area (Å²) in [6, 6.07) is 5.62. The van der Waals surface area contributed by atoms with Gasteiger partial charge in [0.1, 0.15) is 18.5 Å². The fourth-order valence-electron chi connectivity index (χ4n) is 0.925. The Bertz CT molecular complexity index is 331. The van der Waals surface area contributed by atoms with Crippen molar-refractivity contribution < 1.29 is 14.8 Å². The van der Waals surface area contributed by atoms with Crippen molar-refractivity contribution in [1.82, 2.24) is 0 Å². The highest BCUT2D eigenvalue weighted by Crippen LogP contribution is 2.17. The van der Waals surface area contributed by atoms with Crippen molar-refractivity contribution in [1.29, 1.82) is 0 Å². The number of hydrogen-bond acceptors (Lipinski definition) is 5. The largest absolute Gasteiger partial charge is 0.491 e. The molecule has 1 unspecified atom stereocenters. The van der Waals surface area contributed by atoms with Crippen LogP contribution >= 0.6 is 12.4 Å². The number of nitrogens with two attached hydrogens (primary N) is 1. The third-order valence-electron chi connectivity index (χ3n) is 1.76. The Morgan fingerprint density at radius 3 is 2.44 bits per heavy atom. The molecule has 0 fully saturated rings. The van der Waals surface area contributed by atoms with E-state index in [1.165, 1.54) is 24.3 Å². The van der Waals surface area contributed by atoms with Gasteiger partial charge in [-0.1, -0.05) is 0 Å². The van der Waals surface area contributed by atoms with Gasteiger partial charge in [0.15, 0.2) is 0 Å². The van der Waals surface area contributed by atoms with Crippen molar-refractivity contribution >= 4 is 18.1 Å². The second-order valence-corrected chi connectivity index (χ2v) is 2.95. The van der Waals surface area contributed by atoms with Crippen molar-refractivity contribution in [3.63, 3.8) is 0 Å². The molecule has 0 aliphatic heterocycles. The van der Waals surface area contributed by atoms with E-state index in [9.17, 15) is 10.1 Å². The number of non-ortho nitro benzene ring substituents is 1. The van der Waals surface area contributed by atoms with Crippen LogP contribution in [0.3, 0.4) is 0 Å². The van der Waals surface area contributed by atoms with Gasteiger partial charge >= 0.3 is 0 Å². The van der Waals surface area contributed by atoms with E-state index in [0.717, 1.165) is 0 Å². The number of halogens is 1. The summed E-state index contributed by atoms with van der Waals surface area (Å²) in [6.45, 7) is 0.196. The number of ether oxygens (including phenoxy) is 1. The molecule has 0 spiro atoms. The zero-order valence-corrected chi connectivity index (χ0v) is 9.22. The minimum atomic E-state index is -0.722. The van der Waals surface area contributed by atoms with Gasteiger partial charge in [0.05, 0.1) is 4.92 Å². The van der Waals surface area contributed by atoms with Crippen molar-refractivity contribution in [3.8, 4) is 5.75 Å². The topological polar surface area (TPSA) is 98.6 Å². The number of benzene rings is 1. The van der Waals surface area contributed by atoms with Gasteiger partial charge in [-0.25, -0.2) is 0 Å². The highest BCUT2D eigenvalue weighted by molar-refractivity contribution is 5.85. The van der Waals surface area contributed by atoms with Crippen molar-refractivity contribution in [2.24, 2.45) is 5.73 Å². The number of nitro groups is 1. The Labute approximate surface area is 98.6 Å². The highest BCUT2D eigenvalue weighted by Gasteiger charge is 2.05. The van der Waals surface area contributed by atoms with Gasteiger partial charge in [0.2, 0.25) is 0 Å². The zero-order chi connectivity index (χ0) is 11.3. The molecule has 0 amide bonds. The predicted molar refractivity (Wildman–Crippen MR) is 60.9 cm³/mol. The lowest BCUT2D eigenvalue weighted by Gasteiger charge is -2.09. The van der Waals surface area contributed by atoms with E-state index in [1.54, 1.807) is 0 Å². The summed E-state index contributed by atoms with van der Waals surface area (Å²) in [5, 5.41) is 19.4. The molecule has 3 N–H and O–H groups in total. The molecule has 0 radical (unpaired) electrons. The molecule has 1 atom stereocenters. The van der Waals surface area contributed by atoms with Crippen LogP contribution < -0.4 is 10.5 Å². The molecule has 7 heteroatoms. The van der Waals surface area contributed by atoms with Crippen molar-refractivity contribution in [3.05, 3.63) is 34.4 Å². The lowest BCUT2D eigenvalue weighted by atomic mass is 10.3. The first kappa shape index (κ1) is 14.6. The molecule has 1 rings (SSSR count). The summed E-state index contributed by atoms with van der Waals surface area (Å²) in [6.07, 6.45) is -0.722. The Hall–Kier alpha value is -1.37. The van der Waals surface area contributed by atoms with Crippen LogP contribution in [0.4, 0.5) is 5.69 Å². The first-order valence-electron chi connectivity index (χ1n) is 4.39. The second-order valence-electron chi connectivity index (χ2n) is 2.95. The number of hydrogen-bond donors (Lipinski definition) is 2. The smallest absolute Gasteiger partial charge is 0.269 e. The van der Waals surface area contributed by atoms with Crippen molar-refractivity contribution in [2.45, 2.75) is 6.10 Å². The van der Waals surface area contributed by atoms with Gasteiger partial charge in [-0.3, -0.25) is 10.1 Å². The minimum Gasteiger partial charge on any atom is -0.491 e. The maximum absolute atomic E-state index is 10.3. The van der Waals surface area contributed by atoms with Crippen LogP contribution in [0.25, 0.3) is 0 Å². The van der Waals surface area contributed by atoms with Crippen LogP contribution in [-0.2, 0) is 0 Å². The van der Waals surface area contributed by atoms with E-state index in [4.69, 9.17) is 15.6 Å². The Morgan fingerprint density at radius 2 is 2.00 bits per heavy atom. The molecule has 0 aromatic heterocycles. The van der Waals surface area contributed by atoms with Crippen LogP contribution in [0.2, 0.25) is 0 Å². The molecule has 0 aliphatic rings. The molecule has 1 aromatic carbocycles. The Morgan fingerprint density at radius 1 is 1.44 bits per heavy atom. The fourth-order valence-corrected chi connectivity index (χ4v) is 0.925. The molecule has 0 aliphatic carbocycles. The van der Waals surface area contributed by atoms with Gasteiger partial charge in [0.25, 0.3) is 5.69 Å². The van der Waals surface area contributed by atoms with E-state index < -0.39 is 11.0 Å². The third-order valence-corrected chi connectivity index (χ3v) is 1.76. The van der Waals surface area contributed by atoms with Gasteiger partial charge in [0, 0.05) is 18.7 Å². The van der Waals surface area contributed by atoms with E-state index in [0.29, 0.717) is 5.75 Å². The van der Waals surface area contributed by atoms with Gasteiger partial charge in [-0.2, -0.15) is 0 Å². The third kappa shape index (κ3) is 4.43. The summed E-state index contributed by atoms with van der Waals surface area (Å²) in [5.41, 5.74) is 5.18. The lowest BCUT2D eigenvalue weighted by Crippen LogP contribution is -2.26. The molecule has 0 saturated heterocycles. The molecule has 90 valence electrons. The lowest BCUT2D eigenvalue weighted by molar-refractivity contribution is -0.384. The number of aliphatic hydroxyl groups is 1. The second kappa shape index (κ2) is 7.00. The summed E-state index contributed by atoms with van der Waals surface area (Å²) < 4.78 is 5.14. The van der Waals surface area contributed by atoms with E-state index >= 15 is 0 Å². The maximum Gasteiger partial charge on any atom is 0.269 e. The summed E-state index contributed by atoms with van der Waals surface area (Å²) in [4.78, 5) is 9.85. The first-order chi connectivity index (χ1) is 7.13. The molecule has 1 aromatic rings. The summed E-state index contributed by atoms with van der Waals surface area (Å²) in [7, 11) is 0. The summed E-state index contributed by atoms with van der Waals surface area (Å²) >= 11 is 0. The molecular weight excluding hydrogens is 236 g/mol. The zero-order valence-electron chi connectivity index (χ0n) is 8.41. The fraction of sp³-hybridized carbons (Fsp3) is 0.333. The average Bonchev–Trinajstić information content (AvgIpc) is 2.26. The summed E-state index contributed by atoms with van der Waals surface area (Å²) in [5.74, 6) is 0.466.